The average Bonchev–Trinajstić information content (AvgIpc) is 2.98. The second kappa shape index (κ2) is 7.31. The largest absolute Gasteiger partial charge is 0.0616 e. The SMILES string of the molecule is c1ccc(-c2cc3cccc4ccc5cccc2c5c43)c(-c2cc3cccc4ccc5cccc2c5c43)c1. The van der Waals surface area contributed by atoms with Crippen LogP contribution in [0.5, 0.6) is 0 Å². The van der Waals surface area contributed by atoms with Gasteiger partial charge in [0.1, 0.15) is 0 Å². The molecular formula is C38H22. The Kier molecular flexibility index (Phi) is 3.88. The Labute approximate surface area is 220 Å². The number of benzene rings is 9. The van der Waals surface area contributed by atoms with Crippen molar-refractivity contribution < 1.29 is 0 Å². The fraction of sp³-hybridized carbons (Fsp3) is 0. The van der Waals surface area contributed by atoms with Gasteiger partial charge in [0.2, 0.25) is 0 Å². The lowest BCUT2D eigenvalue weighted by Crippen LogP contribution is -1.92. The van der Waals surface area contributed by atoms with Crippen molar-refractivity contribution in [1.29, 1.82) is 0 Å². The van der Waals surface area contributed by atoms with Crippen LogP contribution in [0.3, 0.4) is 0 Å². The molecule has 0 N–H and O–H groups in total. The first-order chi connectivity index (χ1) is 18.8. The highest BCUT2D eigenvalue weighted by molar-refractivity contribution is 6.28. The summed E-state index contributed by atoms with van der Waals surface area (Å²) in [5, 5.41) is 15.9. The number of hydrogen-bond donors (Lipinski definition) is 0. The lowest BCUT2D eigenvalue weighted by atomic mass is 9.84. The Morgan fingerprint density at radius 1 is 0.237 bits per heavy atom. The van der Waals surface area contributed by atoms with Gasteiger partial charge < -0.3 is 0 Å². The second-order valence-electron chi connectivity index (χ2n) is 10.5. The fourth-order valence-corrected chi connectivity index (χ4v) is 6.92. The first-order valence-electron chi connectivity index (χ1n) is 13.3. The van der Waals surface area contributed by atoms with Crippen LogP contribution < -0.4 is 0 Å². The van der Waals surface area contributed by atoms with E-state index in [0.717, 1.165) is 0 Å². The Morgan fingerprint density at radius 2 is 0.605 bits per heavy atom. The molecule has 0 aliphatic heterocycles. The lowest BCUT2D eigenvalue weighted by Gasteiger charge is -2.19. The van der Waals surface area contributed by atoms with Crippen LogP contribution in [0.2, 0.25) is 0 Å². The molecule has 0 aliphatic carbocycles. The molecule has 9 rings (SSSR count). The van der Waals surface area contributed by atoms with Crippen LogP contribution in [-0.2, 0) is 0 Å². The van der Waals surface area contributed by atoms with E-state index in [1.165, 1.54) is 86.9 Å². The molecule has 0 heteroatoms. The highest BCUT2D eigenvalue weighted by atomic mass is 14.2. The van der Waals surface area contributed by atoms with Crippen molar-refractivity contribution in [1.82, 2.24) is 0 Å². The van der Waals surface area contributed by atoms with E-state index in [1.54, 1.807) is 0 Å². The maximum Gasteiger partial charge on any atom is -0.00206 e. The summed E-state index contributed by atoms with van der Waals surface area (Å²) >= 11 is 0. The third-order valence-electron chi connectivity index (χ3n) is 8.52. The summed E-state index contributed by atoms with van der Waals surface area (Å²) in [4.78, 5) is 0. The molecular weight excluding hydrogens is 456 g/mol. The van der Waals surface area contributed by atoms with Crippen molar-refractivity contribution in [3.8, 4) is 22.3 Å². The van der Waals surface area contributed by atoms with E-state index in [4.69, 9.17) is 0 Å². The second-order valence-corrected chi connectivity index (χ2v) is 10.5. The third kappa shape index (κ3) is 2.59. The van der Waals surface area contributed by atoms with Gasteiger partial charge in [-0.1, -0.05) is 121 Å². The number of hydrogen-bond acceptors (Lipinski definition) is 0. The van der Waals surface area contributed by atoms with E-state index in [0.29, 0.717) is 0 Å². The van der Waals surface area contributed by atoms with Gasteiger partial charge in [-0.3, -0.25) is 0 Å². The molecule has 38 heavy (non-hydrogen) atoms. The smallest absolute Gasteiger partial charge is 0.00206 e. The molecule has 0 amide bonds. The van der Waals surface area contributed by atoms with E-state index < -0.39 is 0 Å². The van der Waals surface area contributed by atoms with Gasteiger partial charge in [-0.15, -0.1) is 0 Å². The van der Waals surface area contributed by atoms with Crippen molar-refractivity contribution in [2.45, 2.75) is 0 Å². The van der Waals surface area contributed by atoms with E-state index in [2.05, 4.69) is 133 Å². The van der Waals surface area contributed by atoms with Gasteiger partial charge in [-0.05, 0) is 99.0 Å². The van der Waals surface area contributed by atoms with Crippen LogP contribution in [0.1, 0.15) is 0 Å². The maximum atomic E-state index is 2.40. The summed E-state index contributed by atoms with van der Waals surface area (Å²) in [6.45, 7) is 0. The van der Waals surface area contributed by atoms with Crippen molar-refractivity contribution in [3.63, 3.8) is 0 Å². The molecule has 9 aromatic carbocycles. The van der Waals surface area contributed by atoms with Gasteiger partial charge in [0.15, 0.2) is 0 Å². The van der Waals surface area contributed by atoms with Gasteiger partial charge in [0.05, 0.1) is 0 Å². The number of rotatable bonds is 2. The molecule has 0 saturated carbocycles. The fourth-order valence-electron chi connectivity index (χ4n) is 6.92. The zero-order valence-electron chi connectivity index (χ0n) is 20.7. The molecule has 0 nitrogen and oxygen atoms in total. The van der Waals surface area contributed by atoms with E-state index >= 15 is 0 Å². The molecule has 0 radical (unpaired) electrons. The summed E-state index contributed by atoms with van der Waals surface area (Å²) in [6.07, 6.45) is 0. The maximum absolute atomic E-state index is 2.40. The first kappa shape index (κ1) is 20.2. The van der Waals surface area contributed by atoms with Gasteiger partial charge in [-0.25, -0.2) is 0 Å². The van der Waals surface area contributed by atoms with Crippen molar-refractivity contribution in [2.24, 2.45) is 0 Å². The van der Waals surface area contributed by atoms with Crippen LogP contribution in [-0.4, -0.2) is 0 Å². The van der Waals surface area contributed by atoms with Crippen molar-refractivity contribution in [2.75, 3.05) is 0 Å². The Bertz CT molecular complexity index is 2170. The summed E-state index contributed by atoms with van der Waals surface area (Å²) in [5.74, 6) is 0. The molecule has 0 aromatic heterocycles. The summed E-state index contributed by atoms with van der Waals surface area (Å²) in [5.41, 5.74) is 5.15. The first-order valence-corrected chi connectivity index (χ1v) is 13.3. The molecule has 0 bridgehead atoms. The van der Waals surface area contributed by atoms with Crippen LogP contribution in [0.15, 0.2) is 133 Å². The minimum Gasteiger partial charge on any atom is -0.0616 e. The molecule has 0 spiro atoms. The summed E-state index contributed by atoms with van der Waals surface area (Å²) < 4.78 is 0. The normalized spacial score (nSPS) is 12.2. The van der Waals surface area contributed by atoms with Gasteiger partial charge in [0, 0.05) is 0 Å². The van der Waals surface area contributed by atoms with Gasteiger partial charge in [-0.2, -0.15) is 0 Å². The quantitative estimate of drug-likeness (QED) is 0.217. The van der Waals surface area contributed by atoms with E-state index in [1.807, 2.05) is 0 Å². The Morgan fingerprint density at radius 3 is 1.05 bits per heavy atom. The average molecular weight is 479 g/mol. The van der Waals surface area contributed by atoms with Crippen LogP contribution in [0, 0.1) is 0 Å². The predicted octanol–water partition coefficient (Wildman–Crippen LogP) is 10.8. The standard InChI is InChI=1S/C38H22/c1-2-14-30(34-22-28-12-4-8-24-18-20-26-10-6-16-32(34)38(26)36(24)28)29(13-1)33-21-27-11-3-7-23-17-19-25-9-5-15-31(33)37(25)35(23)27/h1-22H. The third-order valence-corrected chi connectivity index (χ3v) is 8.52. The van der Waals surface area contributed by atoms with Crippen LogP contribution in [0.4, 0.5) is 0 Å². The minimum absolute atomic E-state index is 1.28. The van der Waals surface area contributed by atoms with Crippen molar-refractivity contribution in [3.05, 3.63) is 133 Å². The van der Waals surface area contributed by atoms with Gasteiger partial charge >= 0.3 is 0 Å². The highest BCUT2D eigenvalue weighted by Gasteiger charge is 2.18. The molecule has 0 fully saturated rings. The minimum atomic E-state index is 1.28. The van der Waals surface area contributed by atoms with Crippen LogP contribution >= 0.6 is 0 Å². The molecule has 0 aliphatic rings. The van der Waals surface area contributed by atoms with E-state index in [9.17, 15) is 0 Å². The van der Waals surface area contributed by atoms with Crippen molar-refractivity contribution >= 4 is 64.6 Å². The van der Waals surface area contributed by atoms with E-state index in [-0.39, 0.29) is 0 Å². The zero-order valence-corrected chi connectivity index (χ0v) is 20.7. The summed E-state index contributed by atoms with van der Waals surface area (Å²) in [6, 6.07) is 49.6. The molecule has 0 saturated heterocycles. The monoisotopic (exact) mass is 478 g/mol. The molecule has 174 valence electrons. The lowest BCUT2D eigenvalue weighted by molar-refractivity contribution is 1.64. The molecule has 0 unspecified atom stereocenters. The highest BCUT2D eigenvalue weighted by Crippen LogP contribution is 2.46. The molecule has 9 aromatic rings. The predicted molar refractivity (Wildman–Crippen MR) is 165 cm³/mol. The Hall–Kier alpha value is -4.94. The van der Waals surface area contributed by atoms with Crippen LogP contribution in [0.25, 0.3) is 86.9 Å². The topological polar surface area (TPSA) is 0 Å². The molecule has 0 heterocycles. The summed E-state index contributed by atoms with van der Waals surface area (Å²) in [7, 11) is 0. The van der Waals surface area contributed by atoms with Gasteiger partial charge in [0.25, 0.3) is 0 Å². The Balaban J connectivity index is 1.44. The molecule has 0 atom stereocenters. The zero-order chi connectivity index (χ0) is 24.8.